The Morgan fingerprint density at radius 1 is 1.38 bits per heavy atom. The Morgan fingerprint density at radius 2 is 2.00 bits per heavy atom. The van der Waals surface area contributed by atoms with Crippen LogP contribution in [0.1, 0.15) is 0 Å². The first kappa shape index (κ1) is 11.6. The minimum Gasteiger partial charge on any atom is -0.281 e. The SMILES string of the molecule is O=S(=O)=C1C=CC=NC1C(Br)(Br)Br. The molecule has 72 valence electrons. The standard InChI is InChI=1S/C6H4Br3NO2S/c7-6(8,9)5-4(13(11)12)2-1-3-10-5/h1-3,5H. The Labute approximate surface area is 102 Å². The molecule has 0 spiro atoms. The number of alkyl halides is 3. The molecule has 0 radical (unpaired) electrons. The summed E-state index contributed by atoms with van der Waals surface area (Å²) in [5.74, 6) is 0. The highest BCUT2D eigenvalue weighted by Gasteiger charge is 2.34. The number of nitrogens with zero attached hydrogens (tertiary/aromatic N) is 1. The molecule has 13 heavy (non-hydrogen) atoms. The number of halogens is 3. The molecule has 0 N–H and O–H groups in total. The highest BCUT2D eigenvalue weighted by molar-refractivity contribution is 9.39. The number of hydrogen-bond acceptors (Lipinski definition) is 3. The zero-order valence-corrected chi connectivity index (χ0v) is 11.7. The first-order valence-electron chi connectivity index (χ1n) is 3.15. The largest absolute Gasteiger partial charge is 0.281 e. The van der Waals surface area contributed by atoms with Gasteiger partial charge < -0.3 is 0 Å². The second kappa shape index (κ2) is 4.37. The number of rotatable bonds is 0. The quantitative estimate of drug-likeness (QED) is 0.466. The van der Waals surface area contributed by atoms with Crippen LogP contribution in [0.5, 0.6) is 0 Å². The van der Waals surface area contributed by atoms with Gasteiger partial charge in [-0.05, 0) is 12.2 Å². The fraction of sp³-hybridized carbons (Fsp3) is 0.333. The second-order valence-corrected chi connectivity index (χ2v) is 10.1. The summed E-state index contributed by atoms with van der Waals surface area (Å²) >= 11 is 9.72. The molecule has 0 aromatic heterocycles. The molecule has 0 aliphatic carbocycles. The van der Waals surface area contributed by atoms with Gasteiger partial charge >= 0.3 is 0 Å². The van der Waals surface area contributed by atoms with Crippen LogP contribution in [0.4, 0.5) is 0 Å². The van der Waals surface area contributed by atoms with E-state index in [-0.39, 0.29) is 4.86 Å². The molecule has 1 aliphatic heterocycles. The molecular formula is C6H4Br3NO2S. The average Bonchev–Trinajstić information content (AvgIpc) is 2.03. The molecule has 3 nitrogen and oxygen atoms in total. The van der Waals surface area contributed by atoms with Gasteiger partial charge in [0.1, 0.15) is 6.04 Å². The lowest BCUT2D eigenvalue weighted by atomic mass is 10.2. The van der Waals surface area contributed by atoms with Crippen LogP contribution in [0.2, 0.25) is 0 Å². The second-order valence-electron chi connectivity index (χ2n) is 2.24. The van der Waals surface area contributed by atoms with Gasteiger partial charge in [-0.25, -0.2) is 0 Å². The topological polar surface area (TPSA) is 46.5 Å². The van der Waals surface area contributed by atoms with Crippen LogP contribution in [0.3, 0.4) is 0 Å². The third-order valence-corrected chi connectivity index (χ3v) is 3.40. The Balaban J connectivity index is 3.20. The zero-order chi connectivity index (χ0) is 10.1. The Morgan fingerprint density at radius 3 is 2.38 bits per heavy atom. The minimum absolute atomic E-state index is 0.230. The van der Waals surface area contributed by atoms with E-state index in [0.717, 1.165) is 0 Å². The minimum atomic E-state index is -2.25. The molecule has 7 heteroatoms. The first-order chi connectivity index (χ1) is 5.93. The van der Waals surface area contributed by atoms with E-state index in [0.29, 0.717) is 0 Å². The number of aliphatic imine (C=N–C) groups is 1. The lowest BCUT2D eigenvalue weighted by Gasteiger charge is -2.21. The molecule has 0 fully saturated rings. The molecule has 1 unspecified atom stereocenters. The van der Waals surface area contributed by atoms with Gasteiger partial charge in [-0.2, -0.15) is 8.42 Å². The summed E-state index contributed by atoms with van der Waals surface area (Å²) in [6.45, 7) is 0. The van der Waals surface area contributed by atoms with Crippen molar-refractivity contribution in [3.8, 4) is 0 Å². The van der Waals surface area contributed by atoms with Crippen LogP contribution >= 0.6 is 47.8 Å². The number of dihydropyridines is 1. The van der Waals surface area contributed by atoms with E-state index in [1.807, 2.05) is 0 Å². The zero-order valence-electron chi connectivity index (χ0n) is 6.12. The van der Waals surface area contributed by atoms with Crippen LogP contribution in [-0.2, 0) is 10.3 Å². The third-order valence-electron chi connectivity index (χ3n) is 1.35. The van der Waals surface area contributed by atoms with Crippen LogP contribution in [0.15, 0.2) is 17.1 Å². The average molecular weight is 394 g/mol. The van der Waals surface area contributed by atoms with E-state index in [1.165, 1.54) is 6.08 Å². The molecule has 0 bridgehead atoms. The van der Waals surface area contributed by atoms with Gasteiger partial charge in [-0.3, -0.25) is 4.99 Å². The highest BCUT2D eigenvalue weighted by atomic mass is 80.0. The van der Waals surface area contributed by atoms with Crippen molar-refractivity contribution in [1.29, 1.82) is 0 Å². The van der Waals surface area contributed by atoms with Crippen molar-refractivity contribution < 1.29 is 8.42 Å². The lowest BCUT2D eigenvalue weighted by Crippen LogP contribution is -2.32. The van der Waals surface area contributed by atoms with Gasteiger partial charge in [0.25, 0.3) is 0 Å². The molecule has 0 amide bonds. The summed E-state index contributed by atoms with van der Waals surface area (Å²) in [6.07, 6.45) is 4.65. The molecule has 1 heterocycles. The van der Waals surface area contributed by atoms with Crippen LogP contribution in [0.25, 0.3) is 0 Å². The maximum Gasteiger partial charge on any atom is 0.219 e. The molecule has 0 aromatic carbocycles. The van der Waals surface area contributed by atoms with Gasteiger partial charge in [0, 0.05) is 6.21 Å². The number of hydrogen-bond donors (Lipinski definition) is 0. The Kier molecular flexibility index (Phi) is 3.91. The smallest absolute Gasteiger partial charge is 0.219 e. The van der Waals surface area contributed by atoms with E-state index in [2.05, 4.69) is 52.8 Å². The van der Waals surface area contributed by atoms with Crippen molar-refractivity contribution in [3.05, 3.63) is 12.2 Å². The summed E-state index contributed by atoms with van der Waals surface area (Å²) in [6, 6.07) is -0.504. The highest BCUT2D eigenvalue weighted by Crippen LogP contribution is 2.39. The van der Waals surface area contributed by atoms with Gasteiger partial charge in [-0.15, -0.1) is 0 Å². The van der Waals surface area contributed by atoms with Crippen molar-refractivity contribution in [2.75, 3.05) is 0 Å². The van der Waals surface area contributed by atoms with Crippen molar-refractivity contribution in [1.82, 2.24) is 0 Å². The van der Waals surface area contributed by atoms with Gasteiger partial charge in [0.2, 0.25) is 10.3 Å². The Bertz CT molecular complexity index is 383. The molecule has 1 rings (SSSR count). The maximum atomic E-state index is 10.8. The van der Waals surface area contributed by atoms with Crippen molar-refractivity contribution in [2.45, 2.75) is 8.18 Å². The van der Waals surface area contributed by atoms with Crippen molar-refractivity contribution >= 4 is 69.2 Å². The molecule has 1 aliphatic rings. The lowest BCUT2D eigenvalue weighted by molar-refractivity contribution is 0.626. The Hall–Kier alpha value is 0.540. The van der Waals surface area contributed by atoms with E-state index in [4.69, 9.17) is 0 Å². The summed E-state index contributed by atoms with van der Waals surface area (Å²) < 4.78 is 20.9. The molecule has 0 saturated heterocycles. The van der Waals surface area contributed by atoms with Crippen LogP contribution < -0.4 is 0 Å². The van der Waals surface area contributed by atoms with Crippen molar-refractivity contribution in [3.63, 3.8) is 0 Å². The van der Waals surface area contributed by atoms with E-state index >= 15 is 0 Å². The summed E-state index contributed by atoms with van der Waals surface area (Å²) in [5, 5.41) is 0. The van der Waals surface area contributed by atoms with E-state index in [1.54, 1.807) is 12.3 Å². The number of allylic oxidation sites excluding steroid dienone is 1. The maximum absolute atomic E-state index is 10.8. The molecular weight excluding hydrogens is 390 g/mol. The monoisotopic (exact) mass is 391 g/mol. The summed E-state index contributed by atoms with van der Waals surface area (Å²) in [4.78, 5) is 4.25. The third kappa shape index (κ3) is 3.00. The normalized spacial score (nSPS) is 22.1. The molecule has 0 saturated carbocycles. The van der Waals surface area contributed by atoms with E-state index in [9.17, 15) is 8.42 Å². The predicted molar refractivity (Wildman–Crippen MR) is 64.9 cm³/mol. The van der Waals surface area contributed by atoms with Crippen LogP contribution in [-0.4, -0.2) is 27.7 Å². The fourth-order valence-electron chi connectivity index (χ4n) is 0.831. The van der Waals surface area contributed by atoms with Gasteiger partial charge in [0.15, 0.2) is 2.14 Å². The molecule has 0 aromatic rings. The van der Waals surface area contributed by atoms with Crippen LogP contribution in [0, 0.1) is 0 Å². The fourth-order valence-corrected chi connectivity index (χ4v) is 2.99. The van der Waals surface area contributed by atoms with Gasteiger partial charge in [-0.1, -0.05) is 47.8 Å². The summed E-state index contributed by atoms with van der Waals surface area (Å²) in [7, 11) is -2.25. The first-order valence-corrected chi connectivity index (χ1v) is 6.61. The van der Waals surface area contributed by atoms with E-state index < -0.39 is 18.5 Å². The van der Waals surface area contributed by atoms with Crippen molar-refractivity contribution in [2.24, 2.45) is 4.99 Å². The molecule has 1 atom stereocenters. The predicted octanol–water partition coefficient (Wildman–Crippen LogP) is 1.89. The summed E-state index contributed by atoms with van der Waals surface area (Å²) in [5.41, 5.74) is 0. The van der Waals surface area contributed by atoms with Gasteiger partial charge in [0.05, 0.1) is 4.86 Å².